The summed E-state index contributed by atoms with van der Waals surface area (Å²) in [4.78, 5) is 18.6. The van der Waals surface area contributed by atoms with Crippen LogP contribution in [0.1, 0.15) is 39.5 Å². The van der Waals surface area contributed by atoms with Gasteiger partial charge in [-0.2, -0.15) is 0 Å². The highest BCUT2D eigenvalue weighted by Crippen LogP contribution is 2.38. The van der Waals surface area contributed by atoms with E-state index in [0.717, 1.165) is 6.42 Å². The van der Waals surface area contributed by atoms with E-state index in [-0.39, 0.29) is 18.0 Å². The Morgan fingerprint density at radius 2 is 2.16 bits per heavy atom. The molecular weight excluding hydrogens is 242 g/mol. The smallest absolute Gasteiger partial charge is 0.231 e. The van der Waals surface area contributed by atoms with Crippen LogP contribution in [0.2, 0.25) is 0 Å². The summed E-state index contributed by atoms with van der Waals surface area (Å²) in [6, 6.07) is 0.204. The fraction of sp³-hybridized carbons (Fsp3) is 0.857. The number of hydrogen-bond donors (Lipinski definition) is 1. The van der Waals surface area contributed by atoms with E-state index in [0.29, 0.717) is 30.8 Å². The van der Waals surface area contributed by atoms with E-state index in [2.05, 4.69) is 18.8 Å². The first-order chi connectivity index (χ1) is 9.04. The third kappa shape index (κ3) is 3.26. The molecule has 1 amide bonds. The molecule has 19 heavy (non-hydrogen) atoms. The Labute approximate surface area is 115 Å². The lowest BCUT2D eigenvalue weighted by Crippen LogP contribution is -2.54. The first-order valence-electron chi connectivity index (χ1n) is 7.18. The van der Waals surface area contributed by atoms with E-state index in [1.165, 1.54) is 12.8 Å². The quantitative estimate of drug-likeness (QED) is 0.790. The van der Waals surface area contributed by atoms with Gasteiger partial charge in [-0.15, -0.1) is 0 Å². The molecule has 0 spiro atoms. The highest BCUT2D eigenvalue weighted by molar-refractivity contribution is 5.99. The van der Waals surface area contributed by atoms with Crippen LogP contribution < -0.4 is 5.73 Å². The van der Waals surface area contributed by atoms with Gasteiger partial charge in [0.05, 0.1) is 12.5 Å². The van der Waals surface area contributed by atoms with Crippen LogP contribution in [0.4, 0.5) is 0 Å². The molecule has 1 aliphatic heterocycles. The minimum absolute atomic E-state index is 0.0334. The van der Waals surface area contributed by atoms with Crippen molar-refractivity contribution in [2.75, 3.05) is 13.7 Å². The Morgan fingerprint density at radius 1 is 1.47 bits per heavy atom. The summed E-state index contributed by atoms with van der Waals surface area (Å²) in [5.41, 5.74) is 6.05. The number of carbonyl (C=O) groups is 1. The maximum absolute atomic E-state index is 12.4. The van der Waals surface area contributed by atoms with Gasteiger partial charge in [-0.25, -0.2) is 4.99 Å². The Hall–Kier alpha value is -1.10. The van der Waals surface area contributed by atoms with Crippen molar-refractivity contribution in [3.05, 3.63) is 0 Å². The molecule has 0 aromatic heterocycles. The molecule has 0 bridgehead atoms. The van der Waals surface area contributed by atoms with Gasteiger partial charge in [0.1, 0.15) is 0 Å². The molecule has 0 aromatic rings. The van der Waals surface area contributed by atoms with Crippen molar-refractivity contribution in [1.82, 2.24) is 4.90 Å². The molecule has 1 saturated carbocycles. The molecule has 2 rings (SSSR count). The van der Waals surface area contributed by atoms with Crippen molar-refractivity contribution in [3.63, 3.8) is 0 Å². The highest BCUT2D eigenvalue weighted by Gasteiger charge is 2.41. The third-order valence-corrected chi connectivity index (χ3v) is 4.08. The van der Waals surface area contributed by atoms with E-state index in [1.54, 1.807) is 12.0 Å². The van der Waals surface area contributed by atoms with E-state index in [4.69, 9.17) is 10.5 Å². The summed E-state index contributed by atoms with van der Waals surface area (Å²) in [5.74, 6) is 1.45. The summed E-state index contributed by atoms with van der Waals surface area (Å²) in [5, 5.41) is 0. The summed E-state index contributed by atoms with van der Waals surface area (Å²) in [6.07, 6.45) is 3.68. The Morgan fingerprint density at radius 3 is 2.63 bits per heavy atom. The van der Waals surface area contributed by atoms with Gasteiger partial charge in [-0.1, -0.05) is 13.8 Å². The Balaban J connectivity index is 2.12. The average Bonchev–Trinajstić information content (AvgIpc) is 3.16. The van der Waals surface area contributed by atoms with Crippen LogP contribution >= 0.6 is 0 Å². The van der Waals surface area contributed by atoms with Gasteiger partial charge in [0, 0.05) is 19.8 Å². The van der Waals surface area contributed by atoms with Crippen LogP contribution in [0.5, 0.6) is 0 Å². The molecular formula is C14H25N3O2. The summed E-state index contributed by atoms with van der Waals surface area (Å²) < 4.78 is 5.15. The summed E-state index contributed by atoms with van der Waals surface area (Å²) in [6.45, 7) is 4.81. The number of nitrogens with zero attached hydrogens (tertiary/aromatic N) is 2. The minimum Gasteiger partial charge on any atom is -0.385 e. The Kier molecular flexibility index (Phi) is 4.45. The fourth-order valence-electron chi connectivity index (χ4n) is 2.72. The highest BCUT2D eigenvalue weighted by atomic mass is 16.5. The second-order valence-electron chi connectivity index (χ2n) is 5.95. The van der Waals surface area contributed by atoms with Crippen molar-refractivity contribution >= 4 is 11.9 Å². The molecule has 0 radical (unpaired) electrons. The normalized spacial score (nSPS) is 25.7. The lowest BCUT2D eigenvalue weighted by molar-refractivity contribution is -0.131. The molecule has 0 aromatic carbocycles. The molecule has 2 unspecified atom stereocenters. The van der Waals surface area contributed by atoms with Crippen LogP contribution in [0.3, 0.4) is 0 Å². The molecule has 5 heteroatoms. The molecule has 2 N–H and O–H groups in total. The Bertz CT molecular complexity index is 364. The van der Waals surface area contributed by atoms with Gasteiger partial charge in [-0.05, 0) is 31.1 Å². The molecule has 108 valence electrons. The number of ether oxygens (including phenoxy) is 1. The van der Waals surface area contributed by atoms with E-state index in [9.17, 15) is 4.79 Å². The number of rotatable bonds is 6. The fourth-order valence-corrected chi connectivity index (χ4v) is 2.72. The van der Waals surface area contributed by atoms with Gasteiger partial charge in [0.2, 0.25) is 5.91 Å². The molecule has 1 fully saturated rings. The molecule has 5 nitrogen and oxygen atoms in total. The SMILES string of the molecule is COCCC(C1CC1)N1C(=O)CC(C(C)C)N=C1N. The van der Waals surface area contributed by atoms with Gasteiger partial charge >= 0.3 is 0 Å². The number of amides is 1. The van der Waals surface area contributed by atoms with E-state index >= 15 is 0 Å². The number of guanidine groups is 1. The lowest BCUT2D eigenvalue weighted by Gasteiger charge is -2.36. The zero-order valence-electron chi connectivity index (χ0n) is 12.1. The standard InChI is InChI=1S/C14H25N3O2/c1-9(2)11-8-13(18)17(14(15)16-11)12(6-7-19-3)10-4-5-10/h9-12H,4-8H2,1-3H3,(H2,15,16). The van der Waals surface area contributed by atoms with Gasteiger partial charge in [-0.3, -0.25) is 9.69 Å². The van der Waals surface area contributed by atoms with Crippen LogP contribution in [0, 0.1) is 11.8 Å². The lowest BCUT2D eigenvalue weighted by atomic mass is 9.98. The number of methoxy groups -OCH3 is 1. The molecule has 0 saturated heterocycles. The van der Waals surface area contributed by atoms with Gasteiger partial charge in [0.15, 0.2) is 5.96 Å². The summed E-state index contributed by atoms with van der Waals surface area (Å²) in [7, 11) is 1.69. The predicted octanol–water partition coefficient (Wildman–Crippen LogP) is 1.37. The zero-order valence-corrected chi connectivity index (χ0v) is 12.1. The zero-order chi connectivity index (χ0) is 14.0. The average molecular weight is 267 g/mol. The first kappa shape index (κ1) is 14.3. The van der Waals surface area contributed by atoms with Crippen LogP contribution in [0.25, 0.3) is 0 Å². The maximum atomic E-state index is 12.4. The molecule has 1 heterocycles. The maximum Gasteiger partial charge on any atom is 0.231 e. The largest absolute Gasteiger partial charge is 0.385 e. The molecule has 2 atom stereocenters. The van der Waals surface area contributed by atoms with E-state index < -0.39 is 0 Å². The predicted molar refractivity (Wildman–Crippen MR) is 74.7 cm³/mol. The topological polar surface area (TPSA) is 67.9 Å². The van der Waals surface area contributed by atoms with Crippen LogP contribution in [-0.4, -0.2) is 42.6 Å². The number of aliphatic imine (C=N–C) groups is 1. The summed E-state index contributed by atoms with van der Waals surface area (Å²) >= 11 is 0. The van der Waals surface area contributed by atoms with Gasteiger partial charge < -0.3 is 10.5 Å². The second-order valence-corrected chi connectivity index (χ2v) is 5.95. The van der Waals surface area contributed by atoms with Crippen molar-refractivity contribution < 1.29 is 9.53 Å². The second kappa shape index (κ2) is 5.90. The number of carbonyl (C=O) groups excluding carboxylic acids is 1. The van der Waals surface area contributed by atoms with E-state index in [1.807, 2.05) is 0 Å². The minimum atomic E-state index is 0.0334. The monoisotopic (exact) mass is 267 g/mol. The first-order valence-corrected chi connectivity index (χ1v) is 7.18. The molecule has 2 aliphatic rings. The van der Waals surface area contributed by atoms with Crippen molar-refractivity contribution in [2.24, 2.45) is 22.6 Å². The van der Waals surface area contributed by atoms with Crippen molar-refractivity contribution in [1.29, 1.82) is 0 Å². The van der Waals surface area contributed by atoms with Crippen LogP contribution in [-0.2, 0) is 9.53 Å². The number of nitrogens with two attached hydrogens (primary N) is 1. The number of hydrogen-bond acceptors (Lipinski definition) is 4. The van der Waals surface area contributed by atoms with Crippen LogP contribution in [0.15, 0.2) is 4.99 Å². The van der Waals surface area contributed by atoms with Gasteiger partial charge in [0.25, 0.3) is 0 Å². The third-order valence-electron chi connectivity index (χ3n) is 4.08. The molecule has 1 aliphatic carbocycles. The van der Waals surface area contributed by atoms with Crippen molar-refractivity contribution in [2.45, 2.75) is 51.6 Å². The van der Waals surface area contributed by atoms with Crippen molar-refractivity contribution in [3.8, 4) is 0 Å².